The molecule has 0 aromatic heterocycles. The third kappa shape index (κ3) is 4.34. The van der Waals surface area contributed by atoms with Crippen molar-refractivity contribution in [2.75, 3.05) is 13.2 Å². The Hall–Kier alpha value is -1.90. The van der Waals surface area contributed by atoms with Crippen molar-refractivity contribution >= 4 is 10.0 Å². The van der Waals surface area contributed by atoms with Gasteiger partial charge >= 0.3 is 0 Å². The van der Waals surface area contributed by atoms with E-state index >= 15 is 0 Å². The van der Waals surface area contributed by atoms with Crippen molar-refractivity contribution in [1.82, 2.24) is 4.72 Å². The third-order valence-electron chi connectivity index (χ3n) is 3.53. The van der Waals surface area contributed by atoms with Gasteiger partial charge in [0.15, 0.2) is 11.6 Å². The van der Waals surface area contributed by atoms with Crippen LogP contribution in [0.15, 0.2) is 47.4 Å². The number of benzene rings is 2. The van der Waals surface area contributed by atoms with Gasteiger partial charge in [0.1, 0.15) is 10.7 Å². The van der Waals surface area contributed by atoms with E-state index in [-0.39, 0.29) is 31.6 Å². The van der Waals surface area contributed by atoms with Gasteiger partial charge in [-0.2, -0.15) is 0 Å². The van der Waals surface area contributed by atoms with Crippen molar-refractivity contribution in [1.29, 1.82) is 0 Å². The second-order valence-corrected chi connectivity index (χ2v) is 6.90. The summed E-state index contributed by atoms with van der Waals surface area (Å²) in [6, 6.07) is 9.36. The van der Waals surface area contributed by atoms with Crippen LogP contribution in [0.5, 0.6) is 0 Å². The summed E-state index contributed by atoms with van der Waals surface area (Å²) in [6.07, 6.45) is 0.285. The first-order valence-corrected chi connectivity index (χ1v) is 8.63. The maximum atomic E-state index is 13.7. The molecule has 4 nitrogen and oxygen atoms in total. The van der Waals surface area contributed by atoms with Gasteiger partial charge in [-0.05, 0) is 24.0 Å². The van der Waals surface area contributed by atoms with E-state index in [2.05, 4.69) is 4.72 Å². The maximum Gasteiger partial charge on any atom is 0.243 e. The molecule has 0 saturated heterocycles. The van der Waals surface area contributed by atoms with E-state index in [0.29, 0.717) is 6.07 Å². The second kappa shape index (κ2) is 7.78. The van der Waals surface area contributed by atoms with Gasteiger partial charge in [-0.3, -0.25) is 0 Å². The van der Waals surface area contributed by atoms with Crippen LogP contribution in [0.4, 0.5) is 13.2 Å². The summed E-state index contributed by atoms with van der Waals surface area (Å²) < 4.78 is 66.3. The van der Waals surface area contributed by atoms with Crippen LogP contribution in [-0.2, 0) is 10.0 Å². The minimum Gasteiger partial charge on any atom is -0.396 e. The molecule has 8 heteroatoms. The summed E-state index contributed by atoms with van der Waals surface area (Å²) in [6.45, 7) is -0.286. The van der Waals surface area contributed by atoms with E-state index in [4.69, 9.17) is 5.11 Å². The van der Waals surface area contributed by atoms with Crippen LogP contribution in [0, 0.1) is 17.5 Å². The Kier molecular flexibility index (Phi) is 5.98. The molecule has 24 heavy (non-hydrogen) atoms. The zero-order chi connectivity index (χ0) is 17.7. The van der Waals surface area contributed by atoms with E-state index in [9.17, 15) is 21.6 Å². The van der Waals surface area contributed by atoms with Crippen LogP contribution in [0.25, 0.3) is 0 Å². The van der Waals surface area contributed by atoms with Gasteiger partial charge in [-0.1, -0.05) is 30.3 Å². The Morgan fingerprint density at radius 2 is 1.62 bits per heavy atom. The van der Waals surface area contributed by atoms with Crippen molar-refractivity contribution < 1.29 is 26.7 Å². The van der Waals surface area contributed by atoms with Crippen molar-refractivity contribution in [2.24, 2.45) is 0 Å². The lowest BCUT2D eigenvalue weighted by atomic mass is 9.96. The molecule has 0 aliphatic carbocycles. The average Bonchev–Trinajstić information content (AvgIpc) is 2.55. The third-order valence-corrected chi connectivity index (χ3v) is 4.97. The molecule has 0 unspecified atom stereocenters. The molecule has 2 N–H and O–H groups in total. The SMILES string of the molecule is O=S(=O)(NC[C@H](CCO)c1ccccc1)c1cc(F)c(F)cc1F. The molecular weight excluding hydrogens is 343 g/mol. The fraction of sp³-hybridized carbons (Fsp3) is 0.250. The summed E-state index contributed by atoms with van der Waals surface area (Å²) in [5.74, 6) is -4.64. The first-order chi connectivity index (χ1) is 11.3. The van der Waals surface area contributed by atoms with Crippen LogP contribution >= 0.6 is 0 Å². The van der Waals surface area contributed by atoms with E-state index < -0.39 is 32.4 Å². The van der Waals surface area contributed by atoms with Gasteiger partial charge < -0.3 is 5.11 Å². The Bertz CT molecular complexity index is 798. The fourth-order valence-electron chi connectivity index (χ4n) is 2.27. The Labute approximate surface area is 138 Å². The summed E-state index contributed by atoms with van der Waals surface area (Å²) >= 11 is 0. The van der Waals surface area contributed by atoms with Crippen LogP contribution in [-0.4, -0.2) is 26.7 Å². The Balaban J connectivity index is 2.21. The highest BCUT2D eigenvalue weighted by molar-refractivity contribution is 7.89. The standard InChI is InChI=1S/C16H16F3NO3S/c17-13-8-15(19)16(9-14(13)18)24(22,23)20-10-12(6-7-21)11-4-2-1-3-5-11/h1-5,8-9,12,20-21H,6-7,10H2/t12-/m0/s1. The topological polar surface area (TPSA) is 66.4 Å². The van der Waals surface area contributed by atoms with Gasteiger partial charge in [0.25, 0.3) is 0 Å². The lowest BCUT2D eigenvalue weighted by molar-refractivity contribution is 0.275. The van der Waals surface area contributed by atoms with Crippen LogP contribution in [0.2, 0.25) is 0 Å². The maximum absolute atomic E-state index is 13.7. The van der Waals surface area contributed by atoms with E-state index in [1.165, 1.54) is 0 Å². The zero-order valence-corrected chi connectivity index (χ0v) is 13.4. The molecule has 0 spiro atoms. The predicted molar refractivity (Wildman–Crippen MR) is 82.4 cm³/mol. The van der Waals surface area contributed by atoms with Gasteiger partial charge in [0.2, 0.25) is 10.0 Å². The molecule has 0 fully saturated rings. The molecule has 0 aliphatic rings. The second-order valence-electron chi connectivity index (χ2n) is 5.17. The normalized spacial score (nSPS) is 13.0. The fourth-order valence-corrected chi connectivity index (χ4v) is 3.42. The highest BCUT2D eigenvalue weighted by atomic mass is 32.2. The molecule has 2 rings (SSSR count). The van der Waals surface area contributed by atoms with Crippen molar-refractivity contribution in [3.63, 3.8) is 0 Å². The predicted octanol–water partition coefficient (Wildman–Crippen LogP) is 2.55. The molecule has 1 atom stereocenters. The smallest absolute Gasteiger partial charge is 0.243 e. The number of rotatable bonds is 7. The molecule has 130 valence electrons. The zero-order valence-electron chi connectivity index (χ0n) is 12.5. The van der Waals surface area contributed by atoms with Gasteiger partial charge in [-0.25, -0.2) is 26.3 Å². The highest BCUT2D eigenvalue weighted by Gasteiger charge is 2.23. The molecule has 0 aliphatic heterocycles. The first-order valence-electron chi connectivity index (χ1n) is 7.15. The number of aliphatic hydroxyl groups excluding tert-OH is 1. The number of sulfonamides is 1. The monoisotopic (exact) mass is 359 g/mol. The summed E-state index contributed by atoms with van der Waals surface area (Å²) in [5.41, 5.74) is 0.792. The highest BCUT2D eigenvalue weighted by Crippen LogP contribution is 2.21. The molecule has 0 bridgehead atoms. The summed E-state index contributed by atoms with van der Waals surface area (Å²) in [4.78, 5) is -0.961. The lowest BCUT2D eigenvalue weighted by Gasteiger charge is -2.17. The molecule has 0 amide bonds. The van der Waals surface area contributed by atoms with Crippen LogP contribution in [0.1, 0.15) is 17.9 Å². The number of hydrogen-bond acceptors (Lipinski definition) is 3. The van der Waals surface area contributed by atoms with Gasteiger partial charge in [-0.15, -0.1) is 0 Å². The van der Waals surface area contributed by atoms with Gasteiger partial charge in [0.05, 0.1) is 0 Å². The largest absolute Gasteiger partial charge is 0.396 e. The number of nitrogens with one attached hydrogen (secondary N) is 1. The molecule has 0 radical (unpaired) electrons. The van der Waals surface area contributed by atoms with Crippen LogP contribution < -0.4 is 4.72 Å². The van der Waals surface area contributed by atoms with E-state index in [1.54, 1.807) is 30.3 Å². The van der Waals surface area contributed by atoms with Crippen molar-refractivity contribution in [2.45, 2.75) is 17.2 Å². The summed E-state index contributed by atoms with van der Waals surface area (Å²) in [7, 11) is -4.36. The molecular formula is C16H16F3NO3S. The van der Waals surface area contributed by atoms with Gasteiger partial charge in [0, 0.05) is 19.2 Å². The number of hydrogen-bond donors (Lipinski definition) is 2. The van der Waals surface area contributed by atoms with E-state index in [0.717, 1.165) is 5.56 Å². The van der Waals surface area contributed by atoms with Crippen molar-refractivity contribution in [3.8, 4) is 0 Å². The first kappa shape index (κ1) is 18.4. The van der Waals surface area contributed by atoms with Crippen LogP contribution in [0.3, 0.4) is 0 Å². The molecule has 0 heterocycles. The van der Waals surface area contributed by atoms with Crippen molar-refractivity contribution in [3.05, 3.63) is 65.5 Å². The number of halogens is 3. The summed E-state index contributed by atoms with van der Waals surface area (Å²) in [5, 5.41) is 9.13. The minimum absolute atomic E-state index is 0.120. The lowest BCUT2D eigenvalue weighted by Crippen LogP contribution is -2.30. The van der Waals surface area contributed by atoms with E-state index in [1.807, 2.05) is 0 Å². The quantitative estimate of drug-likeness (QED) is 0.747. The molecule has 0 saturated carbocycles. The number of aliphatic hydroxyl groups is 1. The average molecular weight is 359 g/mol. The Morgan fingerprint density at radius 3 is 2.25 bits per heavy atom. The molecule has 2 aromatic carbocycles. The Morgan fingerprint density at radius 1 is 1.00 bits per heavy atom. The minimum atomic E-state index is -4.36. The molecule has 2 aromatic rings.